The Morgan fingerprint density at radius 1 is 1.15 bits per heavy atom. The number of amides is 1. The van der Waals surface area contributed by atoms with Crippen LogP contribution >= 0.6 is 0 Å². The molecular weight excluding hydrogens is 324 g/mol. The van der Waals surface area contributed by atoms with Crippen LogP contribution in [-0.2, 0) is 19.4 Å². The van der Waals surface area contributed by atoms with Crippen LogP contribution in [0.5, 0.6) is 0 Å². The maximum Gasteiger partial charge on any atom is 0.257 e. The third-order valence-corrected chi connectivity index (χ3v) is 5.36. The summed E-state index contributed by atoms with van der Waals surface area (Å²) in [5, 5.41) is 3.15. The number of fused-ring (bicyclic) bond motifs is 1. The summed E-state index contributed by atoms with van der Waals surface area (Å²) in [5.41, 5.74) is 6.37. The van der Waals surface area contributed by atoms with E-state index in [1.54, 1.807) is 6.26 Å². The highest BCUT2D eigenvalue weighted by atomic mass is 16.3. The molecule has 26 heavy (non-hydrogen) atoms. The number of anilines is 1. The molecule has 0 fully saturated rings. The van der Waals surface area contributed by atoms with E-state index in [1.165, 1.54) is 24.0 Å². The van der Waals surface area contributed by atoms with Gasteiger partial charge in [-0.1, -0.05) is 12.1 Å². The first-order valence-corrected chi connectivity index (χ1v) is 9.24. The summed E-state index contributed by atoms with van der Waals surface area (Å²) < 4.78 is 7.57. The molecule has 134 valence electrons. The standard InChI is InChI=1S/C22H24N2O2/c1-15-13-20(16(2)24(15)14-18-9-6-12-26-18)22(25)23-21-11-5-8-17-7-3-4-10-19(17)21/h5-6,8-9,11-13H,3-4,7,10,14H2,1-2H3,(H,23,25). The van der Waals surface area contributed by atoms with Gasteiger partial charge in [0.15, 0.2) is 0 Å². The van der Waals surface area contributed by atoms with E-state index in [1.807, 2.05) is 44.2 Å². The van der Waals surface area contributed by atoms with E-state index in [9.17, 15) is 4.79 Å². The highest BCUT2D eigenvalue weighted by Crippen LogP contribution is 2.28. The summed E-state index contributed by atoms with van der Waals surface area (Å²) in [6.07, 6.45) is 6.26. The lowest BCUT2D eigenvalue weighted by atomic mass is 9.90. The van der Waals surface area contributed by atoms with Crippen LogP contribution in [0.15, 0.2) is 47.1 Å². The first kappa shape index (κ1) is 16.7. The van der Waals surface area contributed by atoms with Gasteiger partial charge < -0.3 is 14.3 Å². The average Bonchev–Trinajstić information content (AvgIpc) is 3.26. The molecule has 4 rings (SSSR count). The van der Waals surface area contributed by atoms with E-state index >= 15 is 0 Å². The van der Waals surface area contributed by atoms with Gasteiger partial charge in [-0.3, -0.25) is 4.79 Å². The van der Waals surface area contributed by atoms with Crippen molar-refractivity contribution in [1.82, 2.24) is 4.57 Å². The van der Waals surface area contributed by atoms with Gasteiger partial charge in [-0.05, 0) is 74.9 Å². The van der Waals surface area contributed by atoms with Crippen LogP contribution in [0.2, 0.25) is 0 Å². The molecule has 0 bridgehead atoms. The Hall–Kier alpha value is -2.75. The fourth-order valence-electron chi connectivity index (χ4n) is 3.92. The second-order valence-corrected chi connectivity index (χ2v) is 7.05. The Balaban J connectivity index is 1.60. The lowest BCUT2D eigenvalue weighted by Crippen LogP contribution is -2.16. The van der Waals surface area contributed by atoms with Gasteiger partial charge in [-0.25, -0.2) is 0 Å². The number of hydrogen-bond acceptors (Lipinski definition) is 2. The molecule has 1 amide bonds. The van der Waals surface area contributed by atoms with E-state index in [0.717, 1.165) is 41.2 Å². The van der Waals surface area contributed by atoms with Crippen molar-refractivity contribution in [3.63, 3.8) is 0 Å². The minimum Gasteiger partial charge on any atom is -0.467 e. The van der Waals surface area contributed by atoms with Gasteiger partial charge in [0.25, 0.3) is 5.91 Å². The van der Waals surface area contributed by atoms with Gasteiger partial charge in [0.2, 0.25) is 0 Å². The molecule has 0 radical (unpaired) electrons. The SMILES string of the molecule is Cc1cc(C(=O)Nc2cccc3c2CCCC3)c(C)n1Cc1ccco1. The summed E-state index contributed by atoms with van der Waals surface area (Å²) in [6.45, 7) is 4.65. The van der Waals surface area contributed by atoms with E-state index in [0.29, 0.717) is 6.54 Å². The van der Waals surface area contributed by atoms with Gasteiger partial charge in [0.05, 0.1) is 18.4 Å². The van der Waals surface area contributed by atoms with Gasteiger partial charge in [0, 0.05) is 17.1 Å². The maximum atomic E-state index is 12.9. The predicted molar refractivity (Wildman–Crippen MR) is 103 cm³/mol. The minimum atomic E-state index is -0.0391. The van der Waals surface area contributed by atoms with Crippen molar-refractivity contribution in [1.29, 1.82) is 0 Å². The average molecular weight is 348 g/mol. The molecule has 0 saturated carbocycles. The molecule has 0 atom stereocenters. The van der Waals surface area contributed by atoms with Gasteiger partial charge in [-0.2, -0.15) is 0 Å². The fourth-order valence-corrected chi connectivity index (χ4v) is 3.92. The van der Waals surface area contributed by atoms with Crippen LogP contribution in [0.1, 0.15) is 51.5 Å². The van der Waals surface area contributed by atoms with Crippen LogP contribution in [0.3, 0.4) is 0 Å². The zero-order valence-electron chi connectivity index (χ0n) is 15.3. The molecule has 1 N–H and O–H groups in total. The molecule has 1 aliphatic carbocycles. The van der Waals surface area contributed by atoms with E-state index < -0.39 is 0 Å². The predicted octanol–water partition coefficient (Wildman–Crippen LogP) is 4.88. The first-order valence-electron chi connectivity index (χ1n) is 9.24. The maximum absolute atomic E-state index is 12.9. The van der Waals surface area contributed by atoms with Crippen molar-refractivity contribution in [2.45, 2.75) is 46.1 Å². The summed E-state index contributed by atoms with van der Waals surface area (Å²) >= 11 is 0. The van der Waals surface area contributed by atoms with Crippen molar-refractivity contribution in [3.05, 3.63) is 76.5 Å². The van der Waals surface area contributed by atoms with Gasteiger partial charge in [-0.15, -0.1) is 0 Å². The summed E-state index contributed by atoms with van der Waals surface area (Å²) in [6, 6.07) is 12.0. The number of furan rings is 1. The summed E-state index contributed by atoms with van der Waals surface area (Å²) in [7, 11) is 0. The molecule has 4 heteroatoms. The molecule has 2 heterocycles. The number of carbonyl (C=O) groups is 1. The Morgan fingerprint density at radius 3 is 2.81 bits per heavy atom. The van der Waals surface area contributed by atoms with Crippen molar-refractivity contribution >= 4 is 11.6 Å². The normalized spacial score (nSPS) is 13.5. The lowest BCUT2D eigenvalue weighted by molar-refractivity contribution is 0.102. The molecule has 0 unspecified atom stereocenters. The first-order chi connectivity index (χ1) is 12.6. The van der Waals surface area contributed by atoms with Crippen molar-refractivity contribution in [2.24, 2.45) is 0 Å². The number of nitrogens with one attached hydrogen (secondary N) is 1. The van der Waals surface area contributed by atoms with Crippen LogP contribution < -0.4 is 5.32 Å². The summed E-state index contributed by atoms with van der Waals surface area (Å²) in [5.74, 6) is 0.846. The van der Waals surface area contributed by atoms with E-state index in [-0.39, 0.29) is 5.91 Å². The monoisotopic (exact) mass is 348 g/mol. The highest BCUT2D eigenvalue weighted by Gasteiger charge is 2.19. The van der Waals surface area contributed by atoms with Crippen LogP contribution in [-0.4, -0.2) is 10.5 Å². The van der Waals surface area contributed by atoms with Crippen molar-refractivity contribution in [3.8, 4) is 0 Å². The Bertz CT molecular complexity index is 935. The van der Waals surface area contributed by atoms with Crippen LogP contribution in [0, 0.1) is 13.8 Å². The molecule has 1 aliphatic rings. The molecule has 2 aromatic heterocycles. The molecule has 4 nitrogen and oxygen atoms in total. The Labute approximate surface area is 153 Å². The molecule has 0 aliphatic heterocycles. The number of carbonyl (C=O) groups excluding carboxylic acids is 1. The number of rotatable bonds is 4. The molecule has 0 saturated heterocycles. The third kappa shape index (κ3) is 3.07. The van der Waals surface area contributed by atoms with E-state index in [4.69, 9.17) is 4.42 Å². The quantitative estimate of drug-likeness (QED) is 0.730. The minimum absolute atomic E-state index is 0.0391. The molecule has 0 spiro atoms. The zero-order chi connectivity index (χ0) is 18.1. The Morgan fingerprint density at radius 2 is 2.00 bits per heavy atom. The second kappa shape index (κ2) is 6.87. The fraction of sp³-hybridized carbons (Fsp3) is 0.318. The number of hydrogen-bond donors (Lipinski definition) is 1. The second-order valence-electron chi connectivity index (χ2n) is 7.05. The van der Waals surface area contributed by atoms with Crippen LogP contribution in [0.4, 0.5) is 5.69 Å². The van der Waals surface area contributed by atoms with Crippen LogP contribution in [0.25, 0.3) is 0 Å². The number of aromatic nitrogens is 1. The smallest absolute Gasteiger partial charge is 0.257 e. The topological polar surface area (TPSA) is 47.2 Å². The molecule has 1 aromatic carbocycles. The largest absolute Gasteiger partial charge is 0.467 e. The van der Waals surface area contributed by atoms with E-state index in [2.05, 4.69) is 16.0 Å². The number of aryl methyl sites for hydroxylation is 2. The van der Waals surface area contributed by atoms with Gasteiger partial charge >= 0.3 is 0 Å². The van der Waals surface area contributed by atoms with Gasteiger partial charge in [0.1, 0.15) is 5.76 Å². The Kier molecular flexibility index (Phi) is 4.41. The summed E-state index contributed by atoms with van der Waals surface area (Å²) in [4.78, 5) is 12.9. The lowest BCUT2D eigenvalue weighted by Gasteiger charge is -2.19. The van der Waals surface area contributed by atoms with Crippen molar-refractivity contribution in [2.75, 3.05) is 5.32 Å². The highest BCUT2D eigenvalue weighted by molar-refractivity contribution is 6.05. The molecular formula is C22H24N2O2. The third-order valence-electron chi connectivity index (χ3n) is 5.36. The number of nitrogens with zero attached hydrogens (tertiary/aromatic N) is 1. The molecule has 3 aromatic rings. The van der Waals surface area contributed by atoms with Crippen molar-refractivity contribution < 1.29 is 9.21 Å². The number of benzene rings is 1. The zero-order valence-corrected chi connectivity index (χ0v) is 15.3.